The second-order valence-corrected chi connectivity index (χ2v) is 14.9. The standard InChI is InChI=1S/C21H30BrN5O2Si/c1-15-8-9-18(29-14-28-10-11-30(5,6)7)16(2)19(15)27-20(24-13-26(3)4)17(12-23)25-21(27)22/h8-9,13H,10-11,14H2,1-7H3. The smallest absolute Gasteiger partial charge is 0.189 e. The van der Waals surface area contributed by atoms with E-state index in [4.69, 9.17) is 9.47 Å². The molecule has 0 aliphatic rings. The van der Waals surface area contributed by atoms with Crippen LogP contribution in [0.4, 0.5) is 5.82 Å². The molecular formula is C21H30BrN5O2Si. The lowest BCUT2D eigenvalue weighted by molar-refractivity contribution is 0.0216. The van der Waals surface area contributed by atoms with Crippen molar-refractivity contribution < 1.29 is 9.47 Å². The first-order valence-electron chi connectivity index (χ1n) is 9.75. The van der Waals surface area contributed by atoms with E-state index in [0.29, 0.717) is 17.2 Å². The zero-order chi connectivity index (χ0) is 22.5. The third-order valence-electron chi connectivity index (χ3n) is 4.43. The third-order valence-corrected chi connectivity index (χ3v) is 6.67. The zero-order valence-electron chi connectivity index (χ0n) is 18.8. The highest BCUT2D eigenvalue weighted by Crippen LogP contribution is 2.35. The van der Waals surface area contributed by atoms with E-state index in [0.717, 1.165) is 28.6 Å². The van der Waals surface area contributed by atoms with Crippen molar-refractivity contribution in [2.75, 3.05) is 27.5 Å². The predicted molar refractivity (Wildman–Crippen MR) is 127 cm³/mol. The van der Waals surface area contributed by atoms with Gasteiger partial charge in [0.2, 0.25) is 0 Å². The van der Waals surface area contributed by atoms with Gasteiger partial charge in [-0.05, 0) is 47.5 Å². The molecule has 1 aromatic heterocycles. The van der Waals surface area contributed by atoms with E-state index in [1.54, 1.807) is 6.34 Å². The Bertz CT molecular complexity index is 958. The quantitative estimate of drug-likeness (QED) is 0.161. The minimum Gasteiger partial charge on any atom is -0.467 e. The number of nitriles is 1. The molecule has 0 atom stereocenters. The molecule has 2 aromatic rings. The molecule has 1 aromatic carbocycles. The molecule has 30 heavy (non-hydrogen) atoms. The van der Waals surface area contributed by atoms with Crippen molar-refractivity contribution in [2.24, 2.45) is 4.99 Å². The summed E-state index contributed by atoms with van der Waals surface area (Å²) in [5.41, 5.74) is 3.07. The summed E-state index contributed by atoms with van der Waals surface area (Å²) in [5.74, 6) is 1.19. The lowest BCUT2D eigenvalue weighted by atomic mass is 10.1. The molecule has 0 radical (unpaired) electrons. The Labute approximate surface area is 188 Å². The minimum absolute atomic E-state index is 0.202. The fourth-order valence-corrected chi connectivity index (χ4v) is 4.09. The number of rotatable bonds is 9. The van der Waals surface area contributed by atoms with Gasteiger partial charge in [-0.15, -0.1) is 0 Å². The molecule has 0 aliphatic carbocycles. The van der Waals surface area contributed by atoms with Gasteiger partial charge in [0, 0.05) is 34.3 Å². The van der Waals surface area contributed by atoms with Gasteiger partial charge in [0.05, 0.1) is 12.0 Å². The van der Waals surface area contributed by atoms with Crippen LogP contribution in [-0.4, -0.2) is 56.4 Å². The summed E-state index contributed by atoms with van der Waals surface area (Å²) in [4.78, 5) is 10.6. The first-order chi connectivity index (χ1) is 14.0. The molecule has 0 N–H and O–H groups in total. The zero-order valence-corrected chi connectivity index (χ0v) is 21.4. The van der Waals surface area contributed by atoms with Gasteiger partial charge in [0.1, 0.15) is 11.8 Å². The van der Waals surface area contributed by atoms with Crippen LogP contribution in [-0.2, 0) is 4.74 Å². The summed E-state index contributed by atoms with van der Waals surface area (Å²) in [7, 11) is 2.62. The number of aliphatic imine (C=N–C) groups is 1. The average Bonchev–Trinajstić information content (AvgIpc) is 2.96. The van der Waals surface area contributed by atoms with E-state index in [1.807, 2.05) is 49.5 Å². The normalized spacial score (nSPS) is 11.7. The van der Waals surface area contributed by atoms with E-state index in [-0.39, 0.29) is 12.5 Å². The van der Waals surface area contributed by atoms with Crippen molar-refractivity contribution in [1.29, 1.82) is 5.26 Å². The highest BCUT2D eigenvalue weighted by atomic mass is 79.9. The number of nitrogens with zero attached hydrogens (tertiary/aromatic N) is 5. The summed E-state index contributed by atoms with van der Waals surface area (Å²) in [6.07, 6.45) is 1.65. The number of benzene rings is 1. The van der Waals surface area contributed by atoms with Crippen LogP contribution >= 0.6 is 15.9 Å². The second-order valence-electron chi connectivity index (χ2n) is 8.54. The Morgan fingerprint density at radius 2 is 2.00 bits per heavy atom. The van der Waals surface area contributed by atoms with E-state index < -0.39 is 8.07 Å². The van der Waals surface area contributed by atoms with Gasteiger partial charge < -0.3 is 14.4 Å². The molecule has 0 spiro atoms. The van der Waals surface area contributed by atoms with Crippen molar-refractivity contribution in [2.45, 2.75) is 39.5 Å². The van der Waals surface area contributed by atoms with Crippen LogP contribution in [0, 0.1) is 25.2 Å². The number of hydrogen-bond donors (Lipinski definition) is 0. The number of ether oxygens (including phenoxy) is 2. The molecule has 0 fully saturated rings. The first-order valence-corrected chi connectivity index (χ1v) is 14.2. The molecule has 2 rings (SSSR count). The number of hydrogen-bond acceptors (Lipinski definition) is 5. The van der Waals surface area contributed by atoms with Crippen molar-refractivity contribution in [3.8, 4) is 17.5 Å². The molecule has 1 heterocycles. The van der Waals surface area contributed by atoms with Crippen LogP contribution in [0.3, 0.4) is 0 Å². The molecule has 7 nitrogen and oxygen atoms in total. The highest BCUT2D eigenvalue weighted by molar-refractivity contribution is 9.10. The summed E-state index contributed by atoms with van der Waals surface area (Å²) in [5, 5.41) is 9.51. The van der Waals surface area contributed by atoms with E-state index in [9.17, 15) is 5.26 Å². The molecule has 0 saturated heterocycles. The minimum atomic E-state index is -1.13. The monoisotopic (exact) mass is 491 g/mol. The van der Waals surface area contributed by atoms with Gasteiger partial charge in [0.25, 0.3) is 0 Å². The second kappa shape index (κ2) is 10.2. The van der Waals surface area contributed by atoms with Gasteiger partial charge in [-0.25, -0.2) is 9.98 Å². The van der Waals surface area contributed by atoms with Gasteiger partial charge >= 0.3 is 0 Å². The van der Waals surface area contributed by atoms with E-state index in [1.165, 1.54) is 0 Å². The van der Waals surface area contributed by atoms with Crippen LogP contribution < -0.4 is 4.74 Å². The molecule has 0 unspecified atom stereocenters. The van der Waals surface area contributed by atoms with Gasteiger partial charge in [-0.1, -0.05) is 25.7 Å². The number of imidazole rings is 1. The third kappa shape index (κ3) is 6.17. The van der Waals surface area contributed by atoms with Crippen molar-refractivity contribution in [3.05, 3.63) is 33.7 Å². The van der Waals surface area contributed by atoms with Crippen LogP contribution in [0.2, 0.25) is 25.7 Å². The topological polar surface area (TPSA) is 75.7 Å². The van der Waals surface area contributed by atoms with Gasteiger partial charge in [-0.3, -0.25) is 4.57 Å². The number of aromatic nitrogens is 2. The Morgan fingerprint density at radius 1 is 1.30 bits per heavy atom. The van der Waals surface area contributed by atoms with Crippen molar-refractivity contribution >= 4 is 36.2 Å². The molecule has 0 saturated carbocycles. The van der Waals surface area contributed by atoms with Crippen molar-refractivity contribution in [3.63, 3.8) is 0 Å². The summed E-state index contributed by atoms with van der Waals surface area (Å²) in [6.45, 7) is 11.9. The molecular weight excluding hydrogens is 462 g/mol. The molecule has 0 aliphatic heterocycles. The maximum atomic E-state index is 9.51. The first kappa shape index (κ1) is 24.1. The SMILES string of the molecule is Cc1ccc(OCOCC[Si](C)(C)C)c(C)c1-n1c(Br)nc(C#N)c1N=CN(C)C. The lowest BCUT2D eigenvalue weighted by Crippen LogP contribution is -2.22. The lowest BCUT2D eigenvalue weighted by Gasteiger charge is -2.18. The van der Waals surface area contributed by atoms with Crippen LogP contribution in [0.15, 0.2) is 21.9 Å². The number of aryl methyl sites for hydroxylation is 1. The predicted octanol–water partition coefficient (Wildman–Crippen LogP) is 5.04. The fraction of sp³-hybridized carbons (Fsp3) is 0.476. The maximum Gasteiger partial charge on any atom is 0.189 e. The summed E-state index contributed by atoms with van der Waals surface area (Å²) < 4.78 is 14.0. The Kier molecular flexibility index (Phi) is 8.23. The fourth-order valence-electron chi connectivity index (χ4n) is 2.81. The summed E-state index contributed by atoms with van der Waals surface area (Å²) in [6, 6.07) is 7.14. The Balaban J connectivity index is 2.36. The van der Waals surface area contributed by atoms with Crippen LogP contribution in [0.5, 0.6) is 5.75 Å². The van der Waals surface area contributed by atoms with Crippen molar-refractivity contribution in [1.82, 2.24) is 14.5 Å². The van der Waals surface area contributed by atoms with Gasteiger partial charge in [-0.2, -0.15) is 5.26 Å². The molecule has 9 heteroatoms. The largest absolute Gasteiger partial charge is 0.467 e. The maximum absolute atomic E-state index is 9.51. The van der Waals surface area contributed by atoms with E-state index >= 15 is 0 Å². The molecule has 0 bridgehead atoms. The van der Waals surface area contributed by atoms with E-state index in [2.05, 4.69) is 51.6 Å². The van der Waals surface area contributed by atoms with Crippen LogP contribution in [0.1, 0.15) is 16.8 Å². The van der Waals surface area contributed by atoms with Gasteiger partial charge in [0.15, 0.2) is 23.0 Å². The number of halogens is 1. The molecule has 162 valence electrons. The summed E-state index contributed by atoms with van der Waals surface area (Å²) >= 11 is 3.49. The van der Waals surface area contributed by atoms with Crippen LogP contribution in [0.25, 0.3) is 5.69 Å². The Hall–Kier alpha value is -2.15. The Morgan fingerprint density at radius 3 is 2.60 bits per heavy atom. The highest BCUT2D eigenvalue weighted by Gasteiger charge is 2.21. The molecule has 0 amide bonds. The average molecular weight is 492 g/mol.